The number of nitrogens with two attached hydrogens (primary N) is 1. The number of hydrogen-bond donors (Lipinski definition) is 1. The van der Waals surface area contributed by atoms with Gasteiger partial charge in [-0.2, -0.15) is 0 Å². The van der Waals surface area contributed by atoms with E-state index in [2.05, 4.69) is 21.7 Å². The van der Waals surface area contributed by atoms with Gasteiger partial charge in [-0.05, 0) is 33.0 Å². The molecule has 94 valence electrons. The van der Waals surface area contributed by atoms with E-state index in [1.807, 2.05) is 0 Å². The van der Waals surface area contributed by atoms with Gasteiger partial charge >= 0.3 is 0 Å². The van der Waals surface area contributed by atoms with E-state index in [-0.39, 0.29) is 0 Å². The van der Waals surface area contributed by atoms with Crippen LogP contribution in [0.1, 0.15) is 12.8 Å². The van der Waals surface area contributed by atoms with Crippen molar-refractivity contribution in [2.24, 2.45) is 5.73 Å². The molecule has 0 aromatic rings. The Bertz CT molecular complexity index is 203. The maximum absolute atomic E-state index is 5.86. The molecule has 2 rings (SSSR count). The molecule has 1 atom stereocenters. The van der Waals surface area contributed by atoms with Gasteiger partial charge in [0.25, 0.3) is 0 Å². The van der Waals surface area contributed by atoms with E-state index in [1.54, 1.807) is 0 Å². The smallest absolute Gasteiger partial charge is 0.0346 e. The Morgan fingerprint density at radius 2 is 1.81 bits per heavy atom. The highest BCUT2D eigenvalue weighted by atomic mass is 15.3. The highest BCUT2D eigenvalue weighted by molar-refractivity contribution is 4.82. The van der Waals surface area contributed by atoms with Gasteiger partial charge < -0.3 is 15.5 Å². The van der Waals surface area contributed by atoms with Crippen LogP contribution in [0.3, 0.4) is 0 Å². The van der Waals surface area contributed by atoms with Crippen molar-refractivity contribution in [3.8, 4) is 0 Å². The first-order valence-corrected chi connectivity index (χ1v) is 6.64. The van der Waals surface area contributed by atoms with Crippen LogP contribution in [-0.4, -0.2) is 80.1 Å². The topological polar surface area (TPSA) is 35.7 Å². The Labute approximate surface area is 99.4 Å². The average Bonchev–Trinajstić information content (AvgIpc) is 2.80. The number of rotatable bonds is 4. The van der Waals surface area contributed by atoms with Crippen molar-refractivity contribution in [3.05, 3.63) is 0 Å². The van der Waals surface area contributed by atoms with E-state index in [0.717, 1.165) is 13.1 Å². The van der Waals surface area contributed by atoms with Gasteiger partial charge in [0, 0.05) is 45.3 Å². The van der Waals surface area contributed by atoms with Crippen LogP contribution in [-0.2, 0) is 0 Å². The minimum atomic E-state index is 0.571. The summed E-state index contributed by atoms with van der Waals surface area (Å²) in [7, 11) is 2.19. The molecule has 0 saturated carbocycles. The van der Waals surface area contributed by atoms with Gasteiger partial charge in [0.1, 0.15) is 0 Å². The van der Waals surface area contributed by atoms with Crippen molar-refractivity contribution < 1.29 is 0 Å². The molecule has 0 radical (unpaired) electrons. The van der Waals surface area contributed by atoms with Crippen LogP contribution in [0.5, 0.6) is 0 Å². The molecule has 16 heavy (non-hydrogen) atoms. The fraction of sp³-hybridized carbons (Fsp3) is 1.00. The van der Waals surface area contributed by atoms with E-state index in [9.17, 15) is 0 Å². The standard InChI is InChI=1S/C12H26N4/c1-14-6-8-16(12(10-13)11-14)9-7-15-4-2-3-5-15/h12H,2-11,13H2,1H3. The van der Waals surface area contributed by atoms with Gasteiger partial charge in [-0.15, -0.1) is 0 Å². The van der Waals surface area contributed by atoms with Gasteiger partial charge in [-0.1, -0.05) is 0 Å². The summed E-state index contributed by atoms with van der Waals surface area (Å²) in [6.45, 7) is 9.36. The minimum Gasteiger partial charge on any atom is -0.329 e. The van der Waals surface area contributed by atoms with Gasteiger partial charge in [-0.25, -0.2) is 0 Å². The molecule has 2 fully saturated rings. The lowest BCUT2D eigenvalue weighted by Gasteiger charge is -2.40. The van der Waals surface area contributed by atoms with Crippen molar-refractivity contribution in [1.29, 1.82) is 0 Å². The molecule has 4 heteroatoms. The second-order valence-electron chi connectivity index (χ2n) is 5.24. The third kappa shape index (κ3) is 3.17. The monoisotopic (exact) mass is 226 g/mol. The average molecular weight is 226 g/mol. The zero-order valence-corrected chi connectivity index (χ0v) is 10.6. The third-order valence-corrected chi connectivity index (χ3v) is 3.98. The van der Waals surface area contributed by atoms with Gasteiger partial charge in [0.05, 0.1) is 0 Å². The number of likely N-dealkylation sites (tertiary alicyclic amines) is 1. The van der Waals surface area contributed by atoms with Crippen molar-refractivity contribution in [2.75, 3.05) is 59.4 Å². The Balaban J connectivity index is 1.74. The predicted octanol–water partition coefficient (Wildman–Crippen LogP) is -0.343. The quantitative estimate of drug-likeness (QED) is 0.711. The molecule has 2 saturated heterocycles. The van der Waals surface area contributed by atoms with Crippen LogP contribution in [0.25, 0.3) is 0 Å². The lowest BCUT2D eigenvalue weighted by Crippen LogP contribution is -2.56. The Morgan fingerprint density at radius 3 is 2.50 bits per heavy atom. The fourth-order valence-electron chi connectivity index (χ4n) is 2.84. The van der Waals surface area contributed by atoms with Crippen LogP contribution < -0.4 is 5.73 Å². The Hall–Kier alpha value is -0.160. The van der Waals surface area contributed by atoms with E-state index >= 15 is 0 Å². The Kier molecular flexibility index (Phi) is 4.58. The molecule has 1 unspecified atom stereocenters. The van der Waals surface area contributed by atoms with Gasteiger partial charge in [-0.3, -0.25) is 4.90 Å². The zero-order chi connectivity index (χ0) is 11.4. The summed E-state index contributed by atoms with van der Waals surface area (Å²) < 4.78 is 0. The molecule has 2 N–H and O–H groups in total. The van der Waals surface area contributed by atoms with Crippen LogP contribution >= 0.6 is 0 Å². The normalized spacial score (nSPS) is 30.0. The second kappa shape index (κ2) is 5.96. The molecule has 0 bridgehead atoms. The fourth-order valence-corrected chi connectivity index (χ4v) is 2.84. The summed E-state index contributed by atoms with van der Waals surface area (Å²) in [6, 6.07) is 0.571. The van der Waals surface area contributed by atoms with E-state index in [0.29, 0.717) is 6.04 Å². The second-order valence-corrected chi connectivity index (χ2v) is 5.24. The molecule has 4 nitrogen and oxygen atoms in total. The third-order valence-electron chi connectivity index (χ3n) is 3.98. The van der Waals surface area contributed by atoms with Crippen molar-refractivity contribution in [2.45, 2.75) is 18.9 Å². The van der Waals surface area contributed by atoms with Crippen LogP contribution in [0.2, 0.25) is 0 Å². The van der Waals surface area contributed by atoms with Crippen molar-refractivity contribution >= 4 is 0 Å². The summed E-state index contributed by atoms with van der Waals surface area (Å²) >= 11 is 0. The molecule has 2 aliphatic heterocycles. The highest BCUT2D eigenvalue weighted by Gasteiger charge is 2.24. The van der Waals surface area contributed by atoms with Crippen LogP contribution in [0.15, 0.2) is 0 Å². The summed E-state index contributed by atoms with van der Waals surface area (Å²) in [5, 5.41) is 0. The summed E-state index contributed by atoms with van der Waals surface area (Å²) in [4.78, 5) is 7.56. The molecule has 0 amide bonds. The number of likely N-dealkylation sites (N-methyl/N-ethyl adjacent to an activating group) is 1. The first-order chi connectivity index (χ1) is 7.79. The summed E-state index contributed by atoms with van der Waals surface area (Å²) in [5.74, 6) is 0. The van der Waals surface area contributed by atoms with E-state index < -0.39 is 0 Å². The van der Waals surface area contributed by atoms with Crippen LogP contribution in [0, 0.1) is 0 Å². The van der Waals surface area contributed by atoms with Gasteiger partial charge in [0.15, 0.2) is 0 Å². The van der Waals surface area contributed by atoms with Crippen molar-refractivity contribution in [3.63, 3.8) is 0 Å². The number of nitrogens with zero attached hydrogens (tertiary/aromatic N) is 3. The minimum absolute atomic E-state index is 0.571. The SMILES string of the molecule is CN1CCN(CCN2CCCC2)C(CN)C1. The van der Waals surface area contributed by atoms with E-state index in [4.69, 9.17) is 5.73 Å². The molecule has 2 heterocycles. The molecule has 0 aromatic heterocycles. The molecule has 0 aliphatic carbocycles. The lowest BCUT2D eigenvalue weighted by atomic mass is 10.1. The van der Waals surface area contributed by atoms with E-state index in [1.165, 1.54) is 52.1 Å². The maximum atomic E-state index is 5.86. The first-order valence-electron chi connectivity index (χ1n) is 6.64. The molecule has 2 aliphatic rings. The molecule has 0 spiro atoms. The summed E-state index contributed by atoms with van der Waals surface area (Å²) in [6.07, 6.45) is 2.78. The molecular formula is C12H26N4. The van der Waals surface area contributed by atoms with Crippen molar-refractivity contribution in [1.82, 2.24) is 14.7 Å². The highest BCUT2D eigenvalue weighted by Crippen LogP contribution is 2.10. The predicted molar refractivity (Wildman–Crippen MR) is 67.6 cm³/mol. The largest absolute Gasteiger partial charge is 0.329 e. The van der Waals surface area contributed by atoms with Crippen LogP contribution in [0.4, 0.5) is 0 Å². The first kappa shape index (κ1) is 12.3. The number of hydrogen-bond acceptors (Lipinski definition) is 4. The molecular weight excluding hydrogens is 200 g/mol. The lowest BCUT2D eigenvalue weighted by molar-refractivity contribution is 0.0856. The Morgan fingerprint density at radius 1 is 1.06 bits per heavy atom. The molecule has 0 aromatic carbocycles. The maximum Gasteiger partial charge on any atom is 0.0346 e. The summed E-state index contributed by atoms with van der Waals surface area (Å²) in [5.41, 5.74) is 5.86. The van der Waals surface area contributed by atoms with Gasteiger partial charge in [0.2, 0.25) is 0 Å². The number of piperazine rings is 1. The zero-order valence-electron chi connectivity index (χ0n) is 10.6.